The Labute approximate surface area is 105 Å². The van der Waals surface area contributed by atoms with Gasteiger partial charge in [0.15, 0.2) is 0 Å². The molecule has 1 saturated heterocycles. The molecule has 0 aromatic carbocycles. The lowest BCUT2D eigenvalue weighted by atomic mass is 9.93. The number of piperidine rings is 1. The van der Waals surface area contributed by atoms with Gasteiger partial charge < -0.3 is 10.2 Å². The highest BCUT2D eigenvalue weighted by Gasteiger charge is 2.29. The predicted molar refractivity (Wildman–Crippen MR) is 69.9 cm³/mol. The molecule has 17 heavy (non-hydrogen) atoms. The number of nitrogens with zero attached hydrogens (tertiary/aromatic N) is 1. The Kier molecular flexibility index (Phi) is 4.84. The molecule has 2 fully saturated rings. The van der Waals surface area contributed by atoms with Crippen molar-refractivity contribution in [3.05, 3.63) is 0 Å². The van der Waals surface area contributed by atoms with Crippen LogP contribution in [0.15, 0.2) is 0 Å². The zero-order chi connectivity index (χ0) is 12.1. The second-order valence-corrected chi connectivity index (χ2v) is 5.42. The molecule has 3 heteroatoms. The van der Waals surface area contributed by atoms with E-state index in [1.54, 1.807) is 0 Å². The summed E-state index contributed by atoms with van der Waals surface area (Å²) in [5.41, 5.74) is 0. The molecule has 0 bridgehead atoms. The molecule has 2 aliphatic rings. The molecule has 1 aliphatic carbocycles. The molecule has 0 radical (unpaired) electrons. The SMILES string of the molecule is CCN(C(=O)[C@@H]1CCCCN1)C1CCCCC1. The van der Waals surface area contributed by atoms with Crippen LogP contribution in [0.5, 0.6) is 0 Å². The summed E-state index contributed by atoms with van der Waals surface area (Å²) in [5, 5.41) is 3.38. The first-order valence-electron chi connectivity index (χ1n) is 7.36. The summed E-state index contributed by atoms with van der Waals surface area (Å²) in [6.45, 7) is 4.01. The number of nitrogens with one attached hydrogen (secondary N) is 1. The fourth-order valence-corrected chi connectivity index (χ4v) is 3.25. The summed E-state index contributed by atoms with van der Waals surface area (Å²) < 4.78 is 0. The fraction of sp³-hybridized carbons (Fsp3) is 0.929. The quantitative estimate of drug-likeness (QED) is 0.818. The van der Waals surface area contributed by atoms with Crippen LogP contribution in [0.2, 0.25) is 0 Å². The van der Waals surface area contributed by atoms with Gasteiger partial charge in [-0.25, -0.2) is 0 Å². The lowest BCUT2D eigenvalue weighted by molar-refractivity contribution is -0.136. The average molecular weight is 238 g/mol. The van der Waals surface area contributed by atoms with Crippen LogP contribution in [-0.2, 0) is 4.79 Å². The molecular formula is C14H26N2O. The Bertz CT molecular complexity index is 243. The van der Waals surface area contributed by atoms with E-state index < -0.39 is 0 Å². The van der Waals surface area contributed by atoms with E-state index in [-0.39, 0.29) is 6.04 Å². The Morgan fingerprint density at radius 1 is 1.12 bits per heavy atom. The summed E-state index contributed by atoms with van der Waals surface area (Å²) in [6, 6.07) is 0.621. The third-order valence-corrected chi connectivity index (χ3v) is 4.25. The minimum absolute atomic E-state index is 0.102. The van der Waals surface area contributed by atoms with Crippen molar-refractivity contribution in [3.8, 4) is 0 Å². The van der Waals surface area contributed by atoms with Crippen LogP contribution in [0.3, 0.4) is 0 Å². The van der Waals surface area contributed by atoms with Gasteiger partial charge in [0.25, 0.3) is 0 Å². The number of carbonyl (C=O) groups is 1. The summed E-state index contributed by atoms with van der Waals surface area (Å²) in [5.74, 6) is 0.360. The lowest BCUT2D eigenvalue weighted by Gasteiger charge is -2.37. The molecule has 1 aliphatic heterocycles. The molecule has 0 aromatic heterocycles. The molecule has 3 nitrogen and oxygen atoms in total. The van der Waals surface area contributed by atoms with Gasteiger partial charge in [-0.2, -0.15) is 0 Å². The summed E-state index contributed by atoms with van der Waals surface area (Å²) in [7, 11) is 0. The minimum Gasteiger partial charge on any atom is -0.339 e. The van der Waals surface area contributed by atoms with Crippen molar-refractivity contribution in [1.82, 2.24) is 10.2 Å². The molecule has 1 N–H and O–H groups in total. The number of rotatable bonds is 3. The topological polar surface area (TPSA) is 32.3 Å². The monoisotopic (exact) mass is 238 g/mol. The van der Waals surface area contributed by atoms with Gasteiger partial charge in [0.2, 0.25) is 5.91 Å². The molecule has 1 heterocycles. The predicted octanol–water partition coefficient (Wildman–Crippen LogP) is 2.31. The van der Waals surface area contributed by atoms with E-state index in [0.717, 1.165) is 19.5 Å². The van der Waals surface area contributed by atoms with Crippen molar-refractivity contribution in [2.24, 2.45) is 0 Å². The standard InChI is InChI=1S/C14H26N2O/c1-2-16(12-8-4-3-5-9-12)14(17)13-10-6-7-11-15-13/h12-13,15H,2-11H2,1H3/t13-/m0/s1. The van der Waals surface area contributed by atoms with Crippen LogP contribution in [0.25, 0.3) is 0 Å². The summed E-state index contributed by atoms with van der Waals surface area (Å²) in [4.78, 5) is 14.6. The molecule has 0 unspecified atom stereocenters. The van der Waals surface area contributed by atoms with Crippen LogP contribution >= 0.6 is 0 Å². The highest BCUT2D eigenvalue weighted by molar-refractivity contribution is 5.82. The molecule has 0 aromatic rings. The second-order valence-electron chi connectivity index (χ2n) is 5.42. The van der Waals surface area contributed by atoms with Gasteiger partial charge in [0, 0.05) is 12.6 Å². The minimum atomic E-state index is 0.102. The van der Waals surface area contributed by atoms with Crippen LogP contribution in [0, 0.1) is 0 Å². The Morgan fingerprint density at radius 2 is 1.82 bits per heavy atom. The van der Waals surface area contributed by atoms with Crippen molar-refractivity contribution in [2.45, 2.75) is 70.4 Å². The van der Waals surface area contributed by atoms with Crippen LogP contribution in [0.1, 0.15) is 58.3 Å². The fourth-order valence-electron chi connectivity index (χ4n) is 3.25. The molecule has 1 atom stereocenters. The van der Waals surface area contributed by atoms with Crippen LogP contribution in [-0.4, -0.2) is 36.0 Å². The molecule has 2 rings (SSSR count). The number of carbonyl (C=O) groups excluding carboxylic acids is 1. The van der Waals surface area contributed by atoms with Crippen molar-refractivity contribution in [3.63, 3.8) is 0 Å². The first-order chi connectivity index (χ1) is 8.33. The van der Waals surface area contributed by atoms with E-state index in [0.29, 0.717) is 11.9 Å². The third kappa shape index (κ3) is 3.21. The van der Waals surface area contributed by atoms with Crippen molar-refractivity contribution < 1.29 is 4.79 Å². The van der Waals surface area contributed by atoms with Crippen LogP contribution in [0.4, 0.5) is 0 Å². The maximum Gasteiger partial charge on any atom is 0.239 e. The third-order valence-electron chi connectivity index (χ3n) is 4.25. The smallest absolute Gasteiger partial charge is 0.239 e. The van der Waals surface area contributed by atoms with Crippen molar-refractivity contribution in [1.29, 1.82) is 0 Å². The first-order valence-corrected chi connectivity index (χ1v) is 7.36. The number of hydrogen-bond donors (Lipinski definition) is 1. The summed E-state index contributed by atoms with van der Waals surface area (Å²) in [6.07, 6.45) is 9.83. The van der Waals surface area contributed by atoms with Crippen molar-refractivity contribution in [2.75, 3.05) is 13.1 Å². The Hall–Kier alpha value is -0.570. The Morgan fingerprint density at radius 3 is 2.41 bits per heavy atom. The van der Waals surface area contributed by atoms with E-state index in [1.807, 2.05) is 0 Å². The first kappa shape index (κ1) is 12.9. The maximum absolute atomic E-state index is 12.5. The zero-order valence-corrected chi connectivity index (χ0v) is 11.1. The van der Waals surface area contributed by atoms with Gasteiger partial charge in [-0.3, -0.25) is 4.79 Å². The Balaban J connectivity index is 1.93. The molecular weight excluding hydrogens is 212 g/mol. The molecule has 1 saturated carbocycles. The van der Waals surface area contributed by atoms with Crippen molar-refractivity contribution >= 4 is 5.91 Å². The number of likely N-dealkylation sites (N-methyl/N-ethyl adjacent to an activating group) is 1. The maximum atomic E-state index is 12.5. The second kappa shape index (κ2) is 6.39. The van der Waals surface area contributed by atoms with Gasteiger partial charge in [-0.05, 0) is 39.2 Å². The van der Waals surface area contributed by atoms with Gasteiger partial charge in [0.1, 0.15) is 0 Å². The molecule has 0 spiro atoms. The van der Waals surface area contributed by atoms with Gasteiger partial charge in [-0.15, -0.1) is 0 Å². The normalized spacial score (nSPS) is 26.8. The van der Waals surface area contributed by atoms with Gasteiger partial charge >= 0.3 is 0 Å². The zero-order valence-electron chi connectivity index (χ0n) is 11.1. The largest absolute Gasteiger partial charge is 0.339 e. The summed E-state index contributed by atoms with van der Waals surface area (Å²) >= 11 is 0. The highest BCUT2D eigenvalue weighted by Crippen LogP contribution is 2.23. The average Bonchev–Trinajstić information content (AvgIpc) is 2.42. The van der Waals surface area contributed by atoms with E-state index in [1.165, 1.54) is 44.9 Å². The van der Waals surface area contributed by atoms with Gasteiger partial charge in [0.05, 0.1) is 6.04 Å². The van der Waals surface area contributed by atoms with Crippen LogP contribution < -0.4 is 5.32 Å². The number of amides is 1. The van der Waals surface area contributed by atoms with E-state index in [4.69, 9.17) is 0 Å². The van der Waals surface area contributed by atoms with E-state index >= 15 is 0 Å². The van der Waals surface area contributed by atoms with E-state index in [9.17, 15) is 4.79 Å². The highest BCUT2D eigenvalue weighted by atomic mass is 16.2. The lowest BCUT2D eigenvalue weighted by Crippen LogP contribution is -2.52. The molecule has 98 valence electrons. The molecule has 1 amide bonds. The number of hydrogen-bond acceptors (Lipinski definition) is 2. The van der Waals surface area contributed by atoms with E-state index in [2.05, 4.69) is 17.1 Å². The van der Waals surface area contributed by atoms with Gasteiger partial charge in [-0.1, -0.05) is 25.7 Å².